The van der Waals surface area contributed by atoms with E-state index in [-0.39, 0.29) is 23.4 Å². The molecule has 0 spiro atoms. The third-order valence-electron chi connectivity index (χ3n) is 8.21. The lowest BCUT2D eigenvalue weighted by molar-refractivity contribution is -0.138. The number of carbonyl (C=O) groups excluding carboxylic acids is 2. The molecule has 2 aromatic carbocycles. The summed E-state index contributed by atoms with van der Waals surface area (Å²) in [5.74, 6) is -0.406. The number of carbonyl (C=O) groups is 2. The Labute approximate surface area is 215 Å². The van der Waals surface area contributed by atoms with Gasteiger partial charge < -0.3 is 15.5 Å². The largest absolute Gasteiger partial charge is 0.416 e. The first-order valence-electron chi connectivity index (χ1n) is 12.9. The van der Waals surface area contributed by atoms with E-state index < -0.39 is 23.2 Å². The summed E-state index contributed by atoms with van der Waals surface area (Å²) in [4.78, 5) is 30.6. The standard InChI is InChI=1S/C28H33F3N4O2/c1-34-15-17-35(18-16-34)27(13-14-27)25(37)33-26(11-4-12-26)21-7-9-22(10-8-21)32-24(36)19-20-5-2-3-6-23(20)28(29,30)31/h2-3,5-10H,4,11-19H2,1H3,(H,32,36)(H,33,37). The van der Waals surface area contributed by atoms with Crippen molar-refractivity contribution in [1.29, 1.82) is 0 Å². The van der Waals surface area contributed by atoms with E-state index in [1.54, 1.807) is 12.1 Å². The van der Waals surface area contributed by atoms with Crippen LogP contribution in [0, 0.1) is 0 Å². The van der Waals surface area contributed by atoms with Crippen LogP contribution in [0.5, 0.6) is 0 Å². The fourth-order valence-corrected chi connectivity index (χ4v) is 5.59. The number of hydrogen-bond donors (Lipinski definition) is 2. The highest BCUT2D eigenvalue weighted by Crippen LogP contribution is 2.46. The minimum Gasteiger partial charge on any atom is -0.345 e. The topological polar surface area (TPSA) is 64.7 Å². The number of anilines is 1. The number of likely N-dealkylation sites (N-methyl/N-ethyl adjacent to an activating group) is 1. The molecule has 1 saturated heterocycles. The fraction of sp³-hybridized carbons (Fsp3) is 0.500. The second-order valence-electron chi connectivity index (χ2n) is 10.7. The summed E-state index contributed by atoms with van der Waals surface area (Å²) in [6.45, 7) is 3.74. The van der Waals surface area contributed by atoms with E-state index >= 15 is 0 Å². The number of piperazine rings is 1. The maximum atomic E-state index is 13.5. The number of nitrogens with one attached hydrogen (secondary N) is 2. The SMILES string of the molecule is CN1CCN(C2(C(=O)NC3(c4ccc(NC(=O)Cc5ccccc5C(F)(F)F)cc4)CCC3)CC2)CC1. The maximum absolute atomic E-state index is 13.5. The summed E-state index contributed by atoms with van der Waals surface area (Å²) in [6, 6.07) is 12.4. The zero-order chi connectivity index (χ0) is 26.3. The van der Waals surface area contributed by atoms with Gasteiger partial charge in [-0.15, -0.1) is 0 Å². The van der Waals surface area contributed by atoms with Crippen molar-refractivity contribution >= 4 is 17.5 Å². The van der Waals surface area contributed by atoms with Crippen molar-refractivity contribution in [3.05, 3.63) is 65.2 Å². The van der Waals surface area contributed by atoms with Gasteiger partial charge in [0.15, 0.2) is 0 Å². The van der Waals surface area contributed by atoms with Crippen molar-refractivity contribution in [2.24, 2.45) is 0 Å². The fourth-order valence-electron chi connectivity index (χ4n) is 5.59. The van der Waals surface area contributed by atoms with Crippen LogP contribution in [-0.2, 0) is 27.7 Å². The molecule has 6 nitrogen and oxygen atoms in total. The number of amides is 2. The molecular formula is C28H33F3N4O2. The Morgan fingerprint density at radius 2 is 1.57 bits per heavy atom. The van der Waals surface area contributed by atoms with E-state index in [1.165, 1.54) is 18.2 Å². The van der Waals surface area contributed by atoms with E-state index in [4.69, 9.17) is 0 Å². The van der Waals surface area contributed by atoms with Gasteiger partial charge in [0.05, 0.1) is 17.5 Å². The number of nitrogens with zero attached hydrogens (tertiary/aromatic N) is 2. The number of halogens is 3. The first kappa shape index (κ1) is 25.7. The lowest BCUT2D eigenvalue weighted by Crippen LogP contribution is -2.60. The van der Waals surface area contributed by atoms with Crippen LogP contribution < -0.4 is 10.6 Å². The van der Waals surface area contributed by atoms with Crippen molar-refractivity contribution in [2.45, 2.75) is 55.8 Å². The minimum atomic E-state index is -4.51. The molecule has 0 unspecified atom stereocenters. The van der Waals surface area contributed by atoms with Gasteiger partial charge in [-0.25, -0.2) is 0 Å². The van der Waals surface area contributed by atoms with Crippen molar-refractivity contribution in [1.82, 2.24) is 15.1 Å². The highest BCUT2D eigenvalue weighted by Gasteiger charge is 2.56. The van der Waals surface area contributed by atoms with Gasteiger partial charge in [-0.2, -0.15) is 13.2 Å². The predicted molar refractivity (Wildman–Crippen MR) is 135 cm³/mol. The smallest absolute Gasteiger partial charge is 0.345 e. The molecule has 5 rings (SSSR count). The van der Waals surface area contributed by atoms with Gasteiger partial charge in [0.25, 0.3) is 0 Å². The van der Waals surface area contributed by atoms with Crippen LogP contribution in [0.25, 0.3) is 0 Å². The second-order valence-corrected chi connectivity index (χ2v) is 10.7. The summed E-state index contributed by atoms with van der Waals surface area (Å²) in [5.41, 5.74) is -0.155. The quantitative estimate of drug-likeness (QED) is 0.583. The molecule has 2 N–H and O–H groups in total. The van der Waals surface area contributed by atoms with Gasteiger partial charge in [0, 0.05) is 31.9 Å². The highest BCUT2D eigenvalue weighted by molar-refractivity contribution is 5.92. The molecule has 1 aliphatic heterocycles. The van der Waals surface area contributed by atoms with Crippen LogP contribution in [0.3, 0.4) is 0 Å². The molecule has 3 fully saturated rings. The van der Waals surface area contributed by atoms with Gasteiger partial charge in [0.1, 0.15) is 5.54 Å². The Morgan fingerprint density at radius 3 is 2.14 bits per heavy atom. The average Bonchev–Trinajstić information content (AvgIpc) is 3.64. The van der Waals surface area contributed by atoms with Gasteiger partial charge >= 0.3 is 6.18 Å². The predicted octanol–water partition coefficient (Wildman–Crippen LogP) is 4.16. The van der Waals surface area contributed by atoms with Crippen LogP contribution in [0.1, 0.15) is 48.8 Å². The van der Waals surface area contributed by atoms with E-state index in [1.807, 2.05) is 12.1 Å². The molecule has 0 radical (unpaired) electrons. The highest BCUT2D eigenvalue weighted by atomic mass is 19.4. The molecule has 2 saturated carbocycles. The summed E-state index contributed by atoms with van der Waals surface area (Å²) in [7, 11) is 2.11. The Balaban J connectivity index is 1.23. The Bertz CT molecular complexity index is 1150. The van der Waals surface area contributed by atoms with Crippen molar-refractivity contribution < 1.29 is 22.8 Å². The first-order chi connectivity index (χ1) is 17.6. The van der Waals surface area contributed by atoms with Crippen LogP contribution in [0.15, 0.2) is 48.5 Å². The van der Waals surface area contributed by atoms with E-state index in [9.17, 15) is 22.8 Å². The Hall–Kier alpha value is -2.91. The third kappa shape index (κ3) is 5.25. The van der Waals surface area contributed by atoms with Crippen molar-refractivity contribution in [3.8, 4) is 0 Å². The Morgan fingerprint density at radius 1 is 0.919 bits per heavy atom. The van der Waals surface area contributed by atoms with Gasteiger partial charge in [-0.3, -0.25) is 14.5 Å². The number of benzene rings is 2. The molecule has 0 bridgehead atoms. The molecular weight excluding hydrogens is 481 g/mol. The molecule has 2 aliphatic carbocycles. The van der Waals surface area contributed by atoms with Gasteiger partial charge in [-0.05, 0) is 68.5 Å². The van der Waals surface area contributed by atoms with Crippen LogP contribution in [0.4, 0.5) is 18.9 Å². The molecule has 2 aromatic rings. The van der Waals surface area contributed by atoms with Crippen LogP contribution in [-0.4, -0.2) is 60.4 Å². The monoisotopic (exact) mass is 514 g/mol. The summed E-state index contributed by atoms with van der Waals surface area (Å²) >= 11 is 0. The Kier molecular flexibility index (Phi) is 6.79. The molecule has 3 aliphatic rings. The average molecular weight is 515 g/mol. The molecule has 37 heavy (non-hydrogen) atoms. The zero-order valence-electron chi connectivity index (χ0n) is 21.0. The third-order valence-corrected chi connectivity index (χ3v) is 8.21. The van der Waals surface area contributed by atoms with Crippen LogP contribution in [0.2, 0.25) is 0 Å². The van der Waals surface area contributed by atoms with Crippen molar-refractivity contribution in [3.63, 3.8) is 0 Å². The van der Waals surface area contributed by atoms with E-state index in [2.05, 4.69) is 27.5 Å². The molecule has 0 atom stereocenters. The second kappa shape index (κ2) is 9.76. The van der Waals surface area contributed by atoms with Crippen molar-refractivity contribution in [2.75, 3.05) is 38.5 Å². The normalized spacial score (nSPS) is 21.1. The molecule has 1 heterocycles. The summed E-state index contributed by atoms with van der Waals surface area (Å²) < 4.78 is 39.7. The molecule has 9 heteroatoms. The number of hydrogen-bond acceptors (Lipinski definition) is 4. The van der Waals surface area contributed by atoms with Crippen LogP contribution >= 0.6 is 0 Å². The first-order valence-corrected chi connectivity index (χ1v) is 12.9. The summed E-state index contributed by atoms with van der Waals surface area (Å²) in [5, 5.41) is 6.08. The van der Waals surface area contributed by atoms with Gasteiger partial charge in [0.2, 0.25) is 11.8 Å². The summed E-state index contributed by atoms with van der Waals surface area (Å²) in [6.07, 6.45) is -0.356. The van der Waals surface area contributed by atoms with E-state index in [0.29, 0.717) is 5.69 Å². The molecule has 198 valence electrons. The lowest BCUT2D eigenvalue weighted by atomic mass is 9.71. The minimum absolute atomic E-state index is 0.0605. The zero-order valence-corrected chi connectivity index (χ0v) is 21.0. The number of rotatable bonds is 7. The molecule has 2 amide bonds. The van der Waals surface area contributed by atoms with E-state index in [0.717, 1.165) is 69.9 Å². The lowest BCUT2D eigenvalue weighted by Gasteiger charge is -2.45. The number of alkyl halides is 3. The maximum Gasteiger partial charge on any atom is 0.416 e. The molecule has 0 aromatic heterocycles. The van der Waals surface area contributed by atoms with Gasteiger partial charge in [-0.1, -0.05) is 30.3 Å².